The molecular formula is C23H23BrFN3O3. The summed E-state index contributed by atoms with van der Waals surface area (Å²) in [5.41, 5.74) is 1.28. The Kier molecular flexibility index (Phi) is 5.94. The SMILES string of the molecule is CC1(C)CC[C@@H](CNC(=O)c2ccc(F)c(CC(=O)c3cnc4cc(Br)ccn34)c2)O1. The number of imidazole rings is 1. The van der Waals surface area contributed by atoms with Crippen molar-refractivity contribution < 1.29 is 18.7 Å². The Balaban J connectivity index is 1.46. The van der Waals surface area contributed by atoms with E-state index in [1.807, 2.05) is 13.8 Å². The number of fused-ring (bicyclic) bond motifs is 1. The molecule has 1 atom stereocenters. The zero-order valence-electron chi connectivity index (χ0n) is 17.3. The molecule has 0 radical (unpaired) electrons. The first-order valence-electron chi connectivity index (χ1n) is 10.1. The fourth-order valence-electron chi connectivity index (χ4n) is 3.81. The smallest absolute Gasteiger partial charge is 0.251 e. The molecule has 0 unspecified atom stereocenters. The molecule has 4 rings (SSSR count). The van der Waals surface area contributed by atoms with Gasteiger partial charge in [-0.1, -0.05) is 15.9 Å². The molecule has 3 aromatic rings. The van der Waals surface area contributed by atoms with Crippen molar-refractivity contribution in [3.8, 4) is 0 Å². The maximum absolute atomic E-state index is 14.4. The summed E-state index contributed by atoms with van der Waals surface area (Å²) >= 11 is 3.37. The maximum atomic E-state index is 14.4. The summed E-state index contributed by atoms with van der Waals surface area (Å²) in [6.07, 6.45) is 4.82. The second kappa shape index (κ2) is 8.51. The van der Waals surface area contributed by atoms with E-state index in [1.165, 1.54) is 24.4 Å². The van der Waals surface area contributed by atoms with Gasteiger partial charge in [0, 0.05) is 29.2 Å². The fraction of sp³-hybridized carbons (Fsp3) is 0.348. The van der Waals surface area contributed by atoms with Gasteiger partial charge in [-0.2, -0.15) is 0 Å². The Bertz CT molecular complexity index is 1160. The van der Waals surface area contributed by atoms with E-state index in [9.17, 15) is 14.0 Å². The van der Waals surface area contributed by atoms with Crippen LogP contribution in [0.15, 0.2) is 47.2 Å². The number of pyridine rings is 1. The largest absolute Gasteiger partial charge is 0.371 e. The van der Waals surface area contributed by atoms with Crippen molar-refractivity contribution in [3.63, 3.8) is 0 Å². The van der Waals surface area contributed by atoms with Crippen LogP contribution in [0.25, 0.3) is 5.65 Å². The van der Waals surface area contributed by atoms with Crippen LogP contribution in [0.2, 0.25) is 0 Å². The molecule has 1 aromatic carbocycles. The lowest BCUT2D eigenvalue weighted by molar-refractivity contribution is -0.0138. The van der Waals surface area contributed by atoms with Gasteiger partial charge in [-0.25, -0.2) is 9.37 Å². The summed E-state index contributed by atoms with van der Waals surface area (Å²) < 4.78 is 22.8. The minimum atomic E-state index is -0.526. The van der Waals surface area contributed by atoms with Gasteiger partial charge in [-0.15, -0.1) is 0 Å². The minimum absolute atomic E-state index is 0.0318. The van der Waals surface area contributed by atoms with Crippen LogP contribution in [0.4, 0.5) is 4.39 Å². The van der Waals surface area contributed by atoms with Crippen molar-refractivity contribution in [2.45, 2.75) is 44.8 Å². The summed E-state index contributed by atoms with van der Waals surface area (Å²) in [7, 11) is 0. The molecule has 1 amide bonds. The van der Waals surface area contributed by atoms with Crippen molar-refractivity contribution in [2.75, 3.05) is 6.54 Å². The highest BCUT2D eigenvalue weighted by atomic mass is 79.9. The van der Waals surface area contributed by atoms with E-state index >= 15 is 0 Å². The standard InChI is InChI=1S/C23H23BrFN3O3/c1-23(2)7-5-17(31-23)12-27-22(30)14-3-4-18(25)15(9-14)10-20(29)19-13-26-21-11-16(24)6-8-28(19)21/h3-4,6,8-9,11,13,17H,5,7,10,12H2,1-2H3,(H,27,30)/t17-/m0/s1. The first-order valence-corrected chi connectivity index (χ1v) is 10.9. The Morgan fingerprint density at radius 3 is 2.87 bits per heavy atom. The number of benzene rings is 1. The first kappa shape index (κ1) is 21.6. The van der Waals surface area contributed by atoms with Crippen LogP contribution in [0.1, 0.15) is 53.1 Å². The van der Waals surface area contributed by atoms with E-state index in [1.54, 1.807) is 22.7 Å². The predicted molar refractivity (Wildman–Crippen MR) is 118 cm³/mol. The van der Waals surface area contributed by atoms with Gasteiger partial charge in [-0.05, 0) is 62.6 Å². The van der Waals surface area contributed by atoms with Gasteiger partial charge in [0.1, 0.15) is 17.2 Å². The van der Waals surface area contributed by atoms with Gasteiger partial charge in [0.05, 0.1) is 17.9 Å². The number of aromatic nitrogens is 2. The van der Waals surface area contributed by atoms with Crippen LogP contribution >= 0.6 is 15.9 Å². The summed E-state index contributed by atoms with van der Waals surface area (Å²) in [4.78, 5) is 29.6. The molecular weight excluding hydrogens is 465 g/mol. The number of ether oxygens (including phenoxy) is 1. The lowest BCUT2D eigenvalue weighted by Gasteiger charge is -2.19. The number of Topliss-reactive ketones (excluding diaryl/α,β-unsaturated/α-hetero) is 1. The quantitative estimate of drug-likeness (QED) is 0.524. The number of halogens is 2. The number of ketones is 1. The second-order valence-electron chi connectivity index (χ2n) is 8.37. The number of amides is 1. The van der Waals surface area contributed by atoms with Gasteiger partial charge in [0.15, 0.2) is 5.78 Å². The summed E-state index contributed by atoms with van der Waals surface area (Å²) in [6.45, 7) is 4.45. The molecule has 1 aliphatic rings. The van der Waals surface area contributed by atoms with Crippen LogP contribution in [-0.2, 0) is 11.2 Å². The van der Waals surface area contributed by atoms with E-state index in [-0.39, 0.29) is 35.4 Å². The molecule has 3 heterocycles. The Morgan fingerprint density at radius 1 is 1.32 bits per heavy atom. The van der Waals surface area contributed by atoms with Gasteiger partial charge in [0.25, 0.3) is 5.91 Å². The number of carbonyl (C=O) groups excluding carboxylic acids is 2. The summed E-state index contributed by atoms with van der Waals surface area (Å²) in [5.74, 6) is -1.13. The van der Waals surface area contributed by atoms with Crippen LogP contribution in [0.3, 0.4) is 0 Å². The molecule has 1 N–H and O–H groups in total. The molecule has 0 aliphatic carbocycles. The van der Waals surface area contributed by atoms with E-state index in [0.717, 1.165) is 17.3 Å². The zero-order valence-corrected chi connectivity index (χ0v) is 18.9. The van der Waals surface area contributed by atoms with Gasteiger partial charge < -0.3 is 10.1 Å². The first-order chi connectivity index (χ1) is 14.7. The van der Waals surface area contributed by atoms with Crippen molar-refractivity contribution in [3.05, 3.63) is 69.8 Å². The Labute approximate surface area is 187 Å². The lowest BCUT2D eigenvalue weighted by atomic mass is 10.0. The van der Waals surface area contributed by atoms with E-state index in [4.69, 9.17) is 4.74 Å². The molecule has 1 fully saturated rings. The second-order valence-corrected chi connectivity index (χ2v) is 9.29. The molecule has 0 spiro atoms. The molecule has 0 bridgehead atoms. The third-order valence-electron chi connectivity index (χ3n) is 5.46. The topological polar surface area (TPSA) is 72.7 Å². The van der Waals surface area contributed by atoms with E-state index in [2.05, 4.69) is 26.2 Å². The van der Waals surface area contributed by atoms with Crippen molar-refractivity contribution in [1.82, 2.24) is 14.7 Å². The van der Waals surface area contributed by atoms with Crippen LogP contribution in [0, 0.1) is 5.82 Å². The average Bonchev–Trinajstić information content (AvgIpc) is 3.29. The normalized spacial score (nSPS) is 17.7. The van der Waals surface area contributed by atoms with Gasteiger partial charge in [-0.3, -0.25) is 14.0 Å². The molecule has 8 heteroatoms. The van der Waals surface area contributed by atoms with Crippen molar-refractivity contribution >= 4 is 33.3 Å². The van der Waals surface area contributed by atoms with E-state index in [0.29, 0.717) is 23.4 Å². The molecule has 162 valence electrons. The molecule has 6 nitrogen and oxygen atoms in total. The number of hydrogen-bond donors (Lipinski definition) is 1. The molecule has 0 saturated carbocycles. The van der Waals surface area contributed by atoms with Gasteiger partial charge in [0.2, 0.25) is 0 Å². The van der Waals surface area contributed by atoms with Crippen LogP contribution < -0.4 is 5.32 Å². The zero-order chi connectivity index (χ0) is 22.2. The monoisotopic (exact) mass is 487 g/mol. The number of nitrogens with one attached hydrogen (secondary N) is 1. The average molecular weight is 488 g/mol. The number of hydrogen-bond acceptors (Lipinski definition) is 4. The maximum Gasteiger partial charge on any atom is 0.251 e. The van der Waals surface area contributed by atoms with Crippen molar-refractivity contribution in [2.24, 2.45) is 0 Å². The fourth-order valence-corrected chi connectivity index (χ4v) is 4.13. The molecule has 1 aliphatic heterocycles. The predicted octanol–water partition coefficient (Wildman–Crippen LogP) is 4.35. The van der Waals surface area contributed by atoms with Crippen molar-refractivity contribution in [1.29, 1.82) is 0 Å². The van der Waals surface area contributed by atoms with E-state index < -0.39 is 5.82 Å². The third-order valence-corrected chi connectivity index (χ3v) is 5.96. The molecule has 31 heavy (non-hydrogen) atoms. The molecule has 1 saturated heterocycles. The third kappa shape index (κ3) is 4.85. The highest BCUT2D eigenvalue weighted by molar-refractivity contribution is 9.10. The summed E-state index contributed by atoms with van der Waals surface area (Å²) in [5, 5.41) is 2.85. The highest BCUT2D eigenvalue weighted by Gasteiger charge is 2.31. The Hall–Kier alpha value is -2.58. The van der Waals surface area contributed by atoms with Gasteiger partial charge >= 0.3 is 0 Å². The number of carbonyl (C=O) groups is 2. The van der Waals surface area contributed by atoms with Crippen LogP contribution in [0.5, 0.6) is 0 Å². The number of rotatable bonds is 6. The summed E-state index contributed by atoms with van der Waals surface area (Å²) in [6, 6.07) is 7.66. The minimum Gasteiger partial charge on any atom is -0.371 e. The lowest BCUT2D eigenvalue weighted by Crippen LogP contribution is -2.33. The number of nitrogens with zero attached hydrogens (tertiary/aromatic N) is 2. The Morgan fingerprint density at radius 2 is 2.13 bits per heavy atom. The molecule has 2 aromatic heterocycles. The highest BCUT2D eigenvalue weighted by Crippen LogP contribution is 2.28. The van der Waals surface area contributed by atoms with Crippen LogP contribution in [-0.4, -0.2) is 39.3 Å².